The van der Waals surface area contributed by atoms with E-state index < -0.39 is 5.60 Å². The van der Waals surface area contributed by atoms with Crippen LogP contribution >= 0.6 is 0 Å². The first-order valence-electron chi connectivity index (χ1n) is 15.0. The van der Waals surface area contributed by atoms with Gasteiger partial charge in [0, 0.05) is 50.1 Å². The molecule has 1 N–H and O–H groups in total. The summed E-state index contributed by atoms with van der Waals surface area (Å²) in [6, 6.07) is 13.5. The Morgan fingerprint density at radius 1 is 0.949 bits per heavy atom. The highest BCUT2D eigenvalue weighted by atomic mass is 16.3. The lowest BCUT2D eigenvalue weighted by molar-refractivity contribution is -0.138. The average Bonchev–Trinajstić information content (AvgIpc) is 3.42. The van der Waals surface area contributed by atoms with Gasteiger partial charge in [-0.3, -0.25) is 4.79 Å². The fourth-order valence-corrected chi connectivity index (χ4v) is 6.87. The summed E-state index contributed by atoms with van der Waals surface area (Å²) < 4.78 is 1.99. The van der Waals surface area contributed by atoms with E-state index in [1.54, 1.807) is 0 Å². The molecule has 1 aliphatic carbocycles. The van der Waals surface area contributed by atoms with Gasteiger partial charge in [0.2, 0.25) is 5.91 Å². The predicted molar refractivity (Wildman–Crippen MR) is 156 cm³/mol. The highest BCUT2D eigenvalue weighted by Crippen LogP contribution is 2.34. The number of fused-ring (bicyclic) bond motifs is 1. The third-order valence-corrected chi connectivity index (χ3v) is 9.58. The van der Waals surface area contributed by atoms with E-state index in [9.17, 15) is 9.90 Å². The van der Waals surface area contributed by atoms with Crippen LogP contribution < -0.4 is 4.90 Å². The normalized spacial score (nSPS) is 25.4. The van der Waals surface area contributed by atoms with Gasteiger partial charge >= 0.3 is 0 Å². The van der Waals surface area contributed by atoms with Gasteiger partial charge in [0.05, 0.1) is 16.8 Å². The molecule has 0 atom stereocenters. The molecule has 208 valence electrons. The van der Waals surface area contributed by atoms with Gasteiger partial charge in [-0.25, -0.2) is 4.52 Å². The van der Waals surface area contributed by atoms with Gasteiger partial charge in [-0.1, -0.05) is 31.2 Å². The van der Waals surface area contributed by atoms with Crippen LogP contribution in [0.4, 0.5) is 5.69 Å². The SMILES string of the molecule is CCN1CCC(c2ccc(-c3cc4c(N5CCN(C(=O)C6CCC(C)(O)CC6)CC5)ccnn4c3)cc2)CC1. The molecule has 4 heterocycles. The number of amides is 1. The monoisotopic (exact) mass is 529 g/mol. The van der Waals surface area contributed by atoms with Crippen LogP contribution in [-0.4, -0.2) is 81.8 Å². The van der Waals surface area contributed by atoms with E-state index in [0.717, 1.165) is 63.9 Å². The highest BCUT2D eigenvalue weighted by molar-refractivity contribution is 5.81. The molecule has 3 aliphatic rings. The largest absolute Gasteiger partial charge is 0.390 e. The molecule has 0 bridgehead atoms. The Morgan fingerprint density at radius 3 is 2.31 bits per heavy atom. The summed E-state index contributed by atoms with van der Waals surface area (Å²) in [6.45, 7) is 10.8. The molecule has 7 heteroatoms. The molecule has 1 amide bonds. The Morgan fingerprint density at radius 2 is 1.64 bits per heavy atom. The molecule has 3 fully saturated rings. The fraction of sp³-hybridized carbons (Fsp3) is 0.562. The van der Waals surface area contributed by atoms with Gasteiger partial charge in [0.15, 0.2) is 0 Å². The molecule has 1 aromatic carbocycles. The minimum absolute atomic E-state index is 0.0631. The lowest BCUT2D eigenvalue weighted by Gasteiger charge is -2.39. The molecule has 0 unspecified atom stereocenters. The van der Waals surface area contributed by atoms with Crippen molar-refractivity contribution in [2.75, 3.05) is 50.7 Å². The fourth-order valence-electron chi connectivity index (χ4n) is 6.87. The van der Waals surface area contributed by atoms with Crippen molar-refractivity contribution in [1.29, 1.82) is 0 Å². The van der Waals surface area contributed by atoms with Gasteiger partial charge in [-0.05, 0) is 94.3 Å². The maximum absolute atomic E-state index is 13.1. The Labute approximate surface area is 232 Å². The molecule has 7 nitrogen and oxygen atoms in total. The number of aromatic nitrogens is 2. The number of anilines is 1. The van der Waals surface area contributed by atoms with E-state index in [0.29, 0.717) is 5.92 Å². The lowest BCUT2D eigenvalue weighted by Crippen LogP contribution is -2.51. The second-order valence-electron chi connectivity index (χ2n) is 12.2. The summed E-state index contributed by atoms with van der Waals surface area (Å²) in [6.07, 6.45) is 9.53. The molecule has 39 heavy (non-hydrogen) atoms. The summed E-state index contributed by atoms with van der Waals surface area (Å²) in [5, 5.41) is 14.9. The van der Waals surface area contributed by atoms with Crippen LogP contribution in [0.25, 0.3) is 16.6 Å². The number of rotatable bonds is 5. The van der Waals surface area contributed by atoms with E-state index in [2.05, 4.69) is 64.4 Å². The van der Waals surface area contributed by atoms with E-state index in [1.807, 2.05) is 22.5 Å². The van der Waals surface area contributed by atoms with Crippen molar-refractivity contribution < 1.29 is 9.90 Å². The summed E-state index contributed by atoms with van der Waals surface area (Å²) >= 11 is 0. The minimum atomic E-state index is -0.605. The number of carbonyl (C=O) groups excluding carboxylic acids is 1. The molecule has 2 aliphatic heterocycles. The maximum atomic E-state index is 13.1. The zero-order valence-corrected chi connectivity index (χ0v) is 23.6. The number of hydrogen-bond donors (Lipinski definition) is 1. The average molecular weight is 530 g/mol. The first kappa shape index (κ1) is 26.3. The number of piperazine rings is 1. The van der Waals surface area contributed by atoms with E-state index in [-0.39, 0.29) is 11.8 Å². The predicted octanol–water partition coefficient (Wildman–Crippen LogP) is 4.79. The second-order valence-corrected chi connectivity index (χ2v) is 12.2. The Balaban J connectivity index is 1.11. The zero-order chi connectivity index (χ0) is 27.0. The van der Waals surface area contributed by atoms with E-state index >= 15 is 0 Å². The van der Waals surface area contributed by atoms with Crippen LogP contribution in [0.1, 0.15) is 63.9 Å². The number of aliphatic hydroxyl groups is 1. The van der Waals surface area contributed by atoms with Crippen molar-refractivity contribution in [3.8, 4) is 11.1 Å². The summed E-state index contributed by atoms with van der Waals surface area (Å²) in [5.41, 5.74) is 5.55. The molecular formula is C32H43N5O2. The Kier molecular flexibility index (Phi) is 7.38. The van der Waals surface area contributed by atoms with Crippen LogP contribution in [0.2, 0.25) is 0 Å². The number of hydrogen-bond acceptors (Lipinski definition) is 5. The summed E-state index contributed by atoms with van der Waals surface area (Å²) in [7, 11) is 0. The number of benzene rings is 1. The first-order valence-corrected chi connectivity index (χ1v) is 15.0. The number of carbonyl (C=O) groups is 1. The number of likely N-dealkylation sites (tertiary alicyclic amines) is 1. The third-order valence-electron chi connectivity index (χ3n) is 9.58. The second kappa shape index (κ2) is 10.9. The van der Waals surface area contributed by atoms with Crippen LogP contribution in [0.5, 0.6) is 0 Å². The van der Waals surface area contributed by atoms with Crippen molar-refractivity contribution in [1.82, 2.24) is 19.4 Å². The van der Waals surface area contributed by atoms with Crippen molar-refractivity contribution in [2.24, 2.45) is 5.92 Å². The molecular weight excluding hydrogens is 486 g/mol. The van der Waals surface area contributed by atoms with Crippen LogP contribution in [0, 0.1) is 5.92 Å². The number of nitrogens with zero attached hydrogens (tertiary/aromatic N) is 5. The quantitative estimate of drug-likeness (QED) is 0.515. The molecule has 2 aromatic heterocycles. The Hall–Kier alpha value is -2.90. The van der Waals surface area contributed by atoms with Crippen molar-refractivity contribution in [2.45, 2.75) is 63.9 Å². The maximum Gasteiger partial charge on any atom is 0.225 e. The Bertz CT molecular complexity index is 1270. The summed E-state index contributed by atoms with van der Waals surface area (Å²) in [4.78, 5) is 20.1. The van der Waals surface area contributed by atoms with E-state index in [4.69, 9.17) is 0 Å². The van der Waals surface area contributed by atoms with Crippen LogP contribution in [0.3, 0.4) is 0 Å². The number of piperidine rings is 1. The molecule has 0 spiro atoms. The smallest absolute Gasteiger partial charge is 0.225 e. The van der Waals surface area contributed by atoms with Gasteiger partial charge in [0.1, 0.15) is 0 Å². The lowest BCUT2D eigenvalue weighted by atomic mass is 9.79. The molecule has 2 saturated heterocycles. The summed E-state index contributed by atoms with van der Waals surface area (Å²) in [5.74, 6) is 1.00. The third kappa shape index (κ3) is 5.57. The van der Waals surface area contributed by atoms with Gasteiger partial charge in [-0.15, -0.1) is 0 Å². The standard InChI is InChI=1S/C32H43N5O2/c1-3-34-16-11-26(12-17-34)24-4-6-25(7-5-24)28-22-30-29(10-15-33-37(30)23-28)35-18-20-36(21-19-35)31(38)27-8-13-32(2,39)14-9-27/h4-7,10,15,22-23,26-27,39H,3,8-9,11-14,16-21H2,1-2H3. The van der Waals surface area contributed by atoms with Gasteiger partial charge in [-0.2, -0.15) is 5.10 Å². The first-order chi connectivity index (χ1) is 18.9. The molecule has 0 radical (unpaired) electrons. The van der Waals surface area contributed by atoms with Gasteiger partial charge < -0.3 is 19.8 Å². The molecule has 1 saturated carbocycles. The van der Waals surface area contributed by atoms with Crippen molar-refractivity contribution in [3.05, 3.63) is 54.4 Å². The van der Waals surface area contributed by atoms with Gasteiger partial charge in [0.25, 0.3) is 0 Å². The molecule has 6 rings (SSSR count). The van der Waals surface area contributed by atoms with E-state index in [1.165, 1.54) is 48.3 Å². The minimum Gasteiger partial charge on any atom is -0.390 e. The van der Waals surface area contributed by atoms with Crippen molar-refractivity contribution >= 4 is 17.1 Å². The molecule has 3 aromatic rings. The highest BCUT2D eigenvalue weighted by Gasteiger charge is 2.35. The van der Waals surface area contributed by atoms with Crippen LogP contribution in [-0.2, 0) is 4.79 Å². The topological polar surface area (TPSA) is 64.3 Å². The zero-order valence-electron chi connectivity index (χ0n) is 23.6. The van der Waals surface area contributed by atoms with Crippen LogP contribution in [0.15, 0.2) is 48.8 Å². The van der Waals surface area contributed by atoms with Crippen molar-refractivity contribution in [3.63, 3.8) is 0 Å².